The van der Waals surface area contributed by atoms with Crippen molar-refractivity contribution in [3.8, 4) is 0 Å². The standard InChI is InChI=1S/C10H11N5O3S2/c1-7(16)13-9-14-15-10(19-9)20(17,18)12-6-8-3-2-4-11-5-8/h2-5,12H,6H2,1H3,(H,13,14,16). The average Bonchev–Trinajstić information content (AvgIpc) is 2.86. The maximum absolute atomic E-state index is 12.0. The van der Waals surface area contributed by atoms with Crippen molar-refractivity contribution < 1.29 is 13.2 Å². The SMILES string of the molecule is CC(=O)Nc1nnc(S(=O)(=O)NCc2cccnc2)s1. The van der Waals surface area contributed by atoms with Crippen LogP contribution in [-0.2, 0) is 21.4 Å². The van der Waals surface area contributed by atoms with Crippen LogP contribution < -0.4 is 10.0 Å². The number of carbonyl (C=O) groups is 1. The Morgan fingerprint density at radius 1 is 1.40 bits per heavy atom. The number of nitrogens with one attached hydrogen (secondary N) is 2. The topological polar surface area (TPSA) is 114 Å². The van der Waals surface area contributed by atoms with Crippen LogP contribution in [0.15, 0.2) is 28.9 Å². The number of carbonyl (C=O) groups excluding carboxylic acids is 1. The molecule has 0 radical (unpaired) electrons. The minimum Gasteiger partial charge on any atom is -0.301 e. The van der Waals surface area contributed by atoms with Crippen LogP contribution >= 0.6 is 11.3 Å². The van der Waals surface area contributed by atoms with Gasteiger partial charge in [-0.25, -0.2) is 13.1 Å². The predicted octanol–water partition coefficient (Wildman–Crippen LogP) is 0.370. The summed E-state index contributed by atoms with van der Waals surface area (Å²) >= 11 is 0.783. The Bertz CT molecular complexity index is 699. The summed E-state index contributed by atoms with van der Waals surface area (Å²) < 4.78 is 26.1. The van der Waals surface area contributed by atoms with Crippen molar-refractivity contribution in [2.24, 2.45) is 0 Å². The first-order valence-corrected chi connectivity index (χ1v) is 7.77. The normalized spacial score (nSPS) is 11.2. The van der Waals surface area contributed by atoms with E-state index in [1.165, 1.54) is 6.92 Å². The van der Waals surface area contributed by atoms with Gasteiger partial charge < -0.3 is 5.32 Å². The largest absolute Gasteiger partial charge is 0.301 e. The zero-order valence-corrected chi connectivity index (χ0v) is 12.0. The molecule has 8 nitrogen and oxygen atoms in total. The smallest absolute Gasteiger partial charge is 0.270 e. The summed E-state index contributed by atoms with van der Waals surface area (Å²) in [7, 11) is -3.76. The molecule has 2 N–H and O–H groups in total. The number of pyridine rings is 1. The number of rotatable bonds is 5. The third kappa shape index (κ3) is 3.79. The van der Waals surface area contributed by atoms with E-state index in [4.69, 9.17) is 0 Å². The first-order chi connectivity index (χ1) is 9.47. The second kappa shape index (κ2) is 6.03. The lowest BCUT2D eigenvalue weighted by molar-refractivity contribution is -0.114. The number of aromatic nitrogens is 3. The number of hydrogen-bond donors (Lipinski definition) is 2. The Morgan fingerprint density at radius 2 is 2.20 bits per heavy atom. The van der Waals surface area contributed by atoms with Gasteiger partial charge in [0.15, 0.2) is 0 Å². The van der Waals surface area contributed by atoms with Gasteiger partial charge >= 0.3 is 0 Å². The van der Waals surface area contributed by atoms with Crippen molar-refractivity contribution in [1.29, 1.82) is 0 Å². The van der Waals surface area contributed by atoms with Gasteiger partial charge in [0.25, 0.3) is 10.0 Å². The highest BCUT2D eigenvalue weighted by Crippen LogP contribution is 2.19. The molecule has 0 aliphatic heterocycles. The van der Waals surface area contributed by atoms with Gasteiger partial charge in [0, 0.05) is 25.9 Å². The monoisotopic (exact) mass is 313 g/mol. The van der Waals surface area contributed by atoms with E-state index in [-0.39, 0.29) is 21.9 Å². The molecule has 2 rings (SSSR count). The number of nitrogens with zero attached hydrogens (tertiary/aromatic N) is 3. The third-order valence-electron chi connectivity index (χ3n) is 2.11. The van der Waals surface area contributed by atoms with Crippen LogP contribution in [-0.4, -0.2) is 29.5 Å². The van der Waals surface area contributed by atoms with Crippen molar-refractivity contribution in [2.75, 3.05) is 5.32 Å². The quantitative estimate of drug-likeness (QED) is 0.771. The molecule has 2 aromatic heterocycles. The van der Waals surface area contributed by atoms with E-state index in [0.717, 1.165) is 16.9 Å². The molecule has 0 saturated carbocycles. The molecule has 20 heavy (non-hydrogen) atoms. The Labute approximate surface area is 119 Å². The van der Waals surface area contributed by atoms with E-state index >= 15 is 0 Å². The highest BCUT2D eigenvalue weighted by atomic mass is 32.2. The van der Waals surface area contributed by atoms with Crippen molar-refractivity contribution in [3.05, 3.63) is 30.1 Å². The summed E-state index contributed by atoms with van der Waals surface area (Å²) in [6.07, 6.45) is 3.16. The maximum atomic E-state index is 12.0. The van der Waals surface area contributed by atoms with Gasteiger partial charge in [0.05, 0.1) is 0 Å². The average molecular weight is 313 g/mol. The van der Waals surface area contributed by atoms with Crippen molar-refractivity contribution >= 4 is 32.4 Å². The summed E-state index contributed by atoms with van der Waals surface area (Å²) in [6, 6.07) is 3.46. The molecule has 0 aliphatic carbocycles. The fourth-order valence-corrected chi connectivity index (χ4v) is 3.27. The van der Waals surface area contributed by atoms with Gasteiger partial charge in [-0.2, -0.15) is 0 Å². The predicted molar refractivity (Wildman–Crippen MR) is 72.5 cm³/mol. The van der Waals surface area contributed by atoms with Crippen LogP contribution in [0.1, 0.15) is 12.5 Å². The molecule has 0 saturated heterocycles. The second-order valence-corrected chi connectivity index (χ2v) is 6.66. The lowest BCUT2D eigenvalue weighted by Crippen LogP contribution is -2.23. The highest BCUT2D eigenvalue weighted by molar-refractivity contribution is 7.91. The summed E-state index contributed by atoms with van der Waals surface area (Å²) in [5, 5.41) is 9.64. The Kier molecular flexibility index (Phi) is 4.37. The molecule has 2 aromatic rings. The van der Waals surface area contributed by atoms with Crippen molar-refractivity contribution in [1.82, 2.24) is 19.9 Å². The van der Waals surface area contributed by atoms with Crippen LogP contribution in [0.4, 0.5) is 5.13 Å². The van der Waals surface area contributed by atoms with Gasteiger partial charge in [-0.1, -0.05) is 17.4 Å². The third-order valence-corrected chi connectivity index (χ3v) is 4.72. The number of anilines is 1. The molecule has 10 heteroatoms. The molecule has 0 atom stereocenters. The minimum absolute atomic E-state index is 0.102. The van der Waals surface area contributed by atoms with Gasteiger partial charge in [0.2, 0.25) is 15.4 Å². The van der Waals surface area contributed by atoms with Crippen LogP contribution in [0.25, 0.3) is 0 Å². The van der Waals surface area contributed by atoms with Crippen LogP contribution in [0.3, 0.4) is 0 Å². The first-order valence-electron chi connectivity index (χ1n) is 5.47. The van der Waals surface area contributed by atoms with E-state index in [0.29, 0.717) is 0 Å². The van der Waals surface area contributed by atoms with Gasteiger partial charge in [0.1, 0.15) is 0 Å². The molecule has 0 unspecified atom stereocenters. The fourth-order valence-electron chi connectivity index (χ4n) is 1.26. The van der Waals surface area contributed by atoms with E-state index in [1.807, 2.05) is 0 Å². The number of amides is 1. The van der Waals surface area contributed by atoms with Crippen LogP contribution in [0.5, 0.6) is 0 Å². The van der Waals surface area contributed by atoms with Gasteiger partial charge in [-0.15, -0.1) is 10.2 Å². The molecule has 106 valence electrons. The zero-order valence-electron chi connectivity index (χ0n) is 10.4. The second-order valence-electron chi connectivity index (χ2n) is 3.74. The van der Waals surface area contributed by atoms with E-state index in [2.05, 4.69) is 25.2 Å². The highest BCUT2D eigenvalue weighted by Gasteiger charge is 2.20. The first kappa shape index (κ1) is 14.5. The van der Waals surface area contributed by atoms with Crippen molar-refractivity contribution in [3.63, 3.8) is 0 Å². The maximum Gasteiger partial charge on any atom is 0.270 e. The van der Waals surface area contributed by atoms with Gasteiger partial charge in [-0.3, -0.25) is 9.78 Å². The Morgan fingerprint density at radius 3 is 2.85 bits per heavy atom. The molecule has 1 amide bonds. The fraction of sp³-hybridized carbons (Fsp3) is 0.200. The molecule has 0 aromatic carbocycles. The lowest BCUT2D eigenvalue weighted by atomic mass is 10.3. The van der Waals surface area contributed by atoms with Crippen molar-refractivity contribution in [2.45, 2.75) is 17.8 Å². The Hall–Kier alpha value is -1.91. The summed E-state index contributed by atoms with van der Waals surface area (Å²) in [6.45, 7) is 1.40. The molecule has 0 fully saturated rings. The molecule has 2 heterocycles. The van der Waals surface area contributed by atoms with Crippen LogP contribution in [0, 0.1) is 0 Å². The number of sulfonamides is 1. The van der Waals surface area contributed by atoms with Crippen LogP contribution in [0.2, 0.25) is 0 Å². The molecule has 0 aliphatic rings. The molecular formula is C10H11N5O3S2. The molecule has 0 bridgehead atoms. The van der Waals surface area contributed by atoms with Gasteiger partial charge in [-0.05, 0) is 11.6 Å². The zero-order chi connectivity index (χ0) is 14.6. The summed E-state index contributed by atoms with van der Waals surface area (Å²) in [4.78, 5) is 14.7. The summed E-state index contributed by atoms with van der Waals surface area (Å²) in [5.41, 5.74) is 0.725. The summed E-state index contributed by atoms with van der Waals surface area (Å²) in [5.74, 6) is -0.339. The van der Waals surface area contributed by atoms with E-state index in [9.17, 15) is 13.2 Å². The number of hydrogen-bond acceptors (Lipinski definition) is 7. The molecular weight excluding hydrogens is 302 g/mol. The van der Waals surface area contributed by atoms with E-state index in [1.54, 1.807) is 24.5 Å². The Balaban J connectivity index is 2.06. The molecule has 0 spiro atoms. The minimum atomic E-state index is -3.76. The van der Waals surface area contributed by atoms with E-state index < -0.39 is 10.0 Å². The lowest BCUT2D eigenvalue weighted by Gasteiger charge is -2.02.